The Morgan fingerprint density at radius 2 is 1.64 bits per heavy atom. The highest BCUT2D eigenvalue weighted by atomic mass is 16.1. The Balaban J connectivity index is 1.23. The average Bonchev–Trinajstić information content (AvgIpc) is 3.67. The lowest BCUT2D eigenvalue weighted by Gasteiger charge is -2.10. The first-order valence-electron chi connectivity index (χ1n) is 13.8. The maximum Gasteiger partial charge on any atom is 0.252 e. The zero-order valence-corrected chi connectivity index (χ0v) is 23.0. The maximum absolute atomic E-state index is 13.7. The summed E-state index contributed by atoms with van der Waals surface area (Å²) < 4.78 is 3.55. The van der Waals surface area contributed by atoms with Crippen molar-refractivity contribution >= 4 is 27.7 Å². The van der Waals surface area contributed by atoms with E-state index >= 15 is 0 Å². The van der Waals surface area contributed by atoms with Crippen LogP contribution in [-0.4, -0.2) is 35.7 Å². The third-order valence-corrected chi connectivity index (χ3v) is 7.31. The van der Waals surface area contributed by atoms with Gasteiger partial charge in [-0.25, -0.2) is 14.3 Å². The highest BCUT2D eigenvalue weighted by molar-refractivity contribution is 6.06. The molecule has 7 rings (SSSR count). The SMILES string of the molecule is Cc1ccc(-n2ncc3c(C(=O)NCc4cn(Cc5ccccc5)nn4)cc(-c4ccc5ccccc5c4)nc32)cc1. The molecule has 7 aromatic rings. The minimum Gasteiger partial charge on any atom is -0.346 e. The molecule has 204 valence electrons. The zero-order valence-electron chi connectivity index (χ0n) is 23.0. The Morgan fingerprint density at radius 3 is 2.48 bits per heavy atom. The van der Waals surface area contributed by atoms with Crippen LogP contribution in [0.25, 0.3) is 38.8 Å². The van der Waals surface area contributed by atoms with E-state index in [0.29, 0.717) is 34.5 Å². The molecule has 8 heteroatoms. The molecule has 0 aliphatic rings. The van der Waals surface area contributed by atoms with Gasteiger partial charge < -0.3 is 5.32 Å². The van der Waals surface area contributed by atoms with Gasteiger partial charge in [-0.15, -0.1) is 5.10 Å². The summed E-state index contributed by atoms with van der Waals surface area (Å²) in [6, 6.07) is 34.4. The minimum absolute atomic E-state index is 0.231. The van der Waals surface area contributed by atoms with Gasteiger partial charge >= 0.3 is 0 Å². The molecule has 0 spiro atoms. The number of carbonyl (C=O) groups excluding carboxylic acids is 1. The van der Waals surface area contributed by atoms with Crippen molar-refractivity contribution in [3.05, 3.63) is 138 Å². The molecule has 0 aliphatic carbocycles. The third-order valence-electron chi connectivity index (χ3n) is 7.31. The van der Waals surface area contributed by atoms with Crippen molar-refractivity contribution < 1.29 is 4.79 Å². The number of rotatable bonds is 7. The van der Waals surface area contributed by atoms with Crippen LogP contribution in [0.2, 0.25) is 0 Å². The van der Waals surface area contributed by atoms with Gasteiger partial charge in [-0.1, -0.05) is 89.6 Å². The van der Waals surface area contributed by atoms with Crippen molar-refractivity contribution in [2.24, 2.45) is 0 Å². The maximum atomic E-state index is 13.7. The highest BCUT2D eigenvalue weighted by Crippen LogP contribution is 2.29. The molecule has 0 saturated heterocycles. The molecule has 0 fully saturated rings. The summed E-state index contributed by atoms with van der Waals surface area (Å²) in [4.78, 5) is 18.7. The quantitative estimate of drug-likeness (QED) is 0.259. The lowest BCUT2D eigenvalue weighted by atomic mass is 10.0. The first-order chi connectivity index (χ1) is 20.6. The summed E-state index contributed by atoms with van der Waals surface area (Å²) >= 11 is 0. The van der Waals surface area contributed by atoms with Crippen LogP contribution in [0.15, 0.2) is 116 Å². The number of aryl methyl sites for hydroxylation is 1. The highest BCUT2D eigenvalue weighted by Gasteiger charge is 2.19. The fourth-order valence-electron chi connectivity index (χ4n) is 5.09. The molecule has 8 nitrogen and oxygen atoms in total. The number of hydrogen-bond donors (Lipinski definition) is 1. The first-order valence-corrected chi connectivity index (χ1v) is 13.8. The second-order valence-corrected chi connectivity index (χ2v) is 10.3. The molecule has 0 unspecified atom stereocenters. The van der Waals surface area contributed by atoms with Gasteiger partial charge in [0.25, 0.3) is 5.91 Å². The molecule has 1 amide bonds. The van der Waals surface area contributed by atoms with Crippen LogP contribution in [0.5, 0.6) is 0 Å². The fraction of sp³-hybridized carbons (Fsp3) is 0.0882. The van der Waals surface area contributed by atoms with Gasteiger partial charge in [-0.05, 0) is 47.5 Å². The normalized spacial score (nSPS) is 11.3. The van der Waals surface area contributed by atoms with E-state index in [1.165, 1.54) is 0 Å². The van der Waals surface area contributed by atoms with E-state index in [2.05, 4.69) is 45.0 Å². The third kappa shape index (κ3) is 5.01. The Kier molecular flexibility index (Phi) is 6.48. The fourth-order valence-corrected chi connectivity index (χ4v) is 5.09. The molecule has 0 radical (unpaired) electrons. The molecule has 0 atom stereocenters. The average molecular weight is 550 g/mol. The van der Waals surface area contributed by atoms with E-state index in [9.17, 15) is 4.79 Å². The predicted molar refractivity (Wildman–Crippen MR) is 163 cm³/mol. The van der Waals surface area contributed by atoms with Crippen LogP contribution in [0.1, 0.15) is 27.2 Å². The first kappa shape index (κ1) is 25.3. The van der Waals surface area contributed by atoms with Crippen LogP contribution >= 0.6 is 0 Å². The Hall–Kier alpha value is -5.63. The largest absolute Gasteiger partial charge is 0.346 e. The lowest BCUT2D eigenvalue weighted by molar-refractivity contribution is 0.0952. The molecule has 42 heavy (non-hydrogen) atoms. The molecule has 0 aliphatic heterocycles. The molecule has 1 N–H and O–H groups in total. The van der Waals surface area contributed by atoms with Crippen LogP contribution in [0.3, 0.4) is 0 Å². The minimum atomic E-state index is -0.231. The Labute approximate surface area is 242 Å². The molecule has 3 aromatic heterocycles. The van der Waals surface area contributed by atoms with Crippen LogP contribution in [-0.2, 0) is 13.1 Å². The number of benzene rings is 4. The van der Waals surface area contributed by atoms with Gasteiger partial charge in [0.05, 0.1) is 47.8 Å². The number of nitrogens with one attached hydrogen (secondary N) is 1. The summed E-state index contributed by atoms with van der Waals surface area (Å²) in [5.41, 5.74) is 6.56. The lowest BCUT2D eigenvalue weighted by Crippen LogP contribution is -2.23. The van der Waals surface area contributed by atoms with E-state index in [1.807, 2.05) is 92.0 Å². The van der Waals surface area contributed by atoms with Crippen LogP contribution in [0, 0.1) is 6.92 Å². The summed E-state index contributed by atoms with van der Waals surface area (Å²) in [7, 11) is 0. The van der Waals surface area contributed by atoms with E-state index in [1.54, 1.807) is 15.6 Å². The monoisotopic (exact) mass is 549 g/mol. The number of hydrogen-bond acceptors (Lipinski definition) is 5. The van der Waals surface area contributed by atoms with Crippen LogP contribution < -0.4 is 5.32 Å². The van der Waals surface area contributed by atoms with E-state index < -0.39 is 0 Å². The van der Waals surface area contributed by atoms with Gasteiger partial charge in [0.1, 0.15) is 5.69 Å². The van der Waals surface area contributed by atoms with Gasteiger partial charge in [0.15, 0.2) is 5.65 Å². The molecule has 0 bridgehead atoms. The van der Waals surface area contributed by atoms with Gasteiger partial charge in [0, 0.05) is 5.56 Å². The van der Waals surface area contributed by atoms with Crippen molar-refractivity contribution in [3.8, 4) is 16.9 Å². The molecule has 4 aromatic carbocycles. The summed E-state index contributed by atoms with van der Waals surface area (Å²) in [6.45, 7) is 2.90. The zero-order chi connectivity index (χ0) is 28.5. The van der Waals surface area contributed by atoms with E-state index in [0.717, 1.165) is 33.2 Å². The number of fused-ring (bicyclic) bond motifs is 2. The van der Waals surface area contributed by atoms with Gasteiger partial charge in [0.2, 0.25) is 0 Å². The van der Waals surface area contributed by atoms with E-state index in [4.69, 9.17) is 4.98 Å². The molecular weight excluding hydrogens is 522 g/mol. The second kappa shape index (κ2) is 10.7. The molecule has 3 heterocycles. The Bertz CT molecular complexity index is 2040. The van der Waals surface area contributed by atoms with E-state index in [-0.39, 0.29) is 12.5 Å². The number of aromatic nitrogens is 6. The van der Waals surface area contributed by atoms with Crippen molar-refractivity contribution in [1.82, 2.24) is 35.1 Å². The predicted octanol–water partition coefficient (Wildman–Crippen LogP) is 6.12. The number of nitrogens with zero attached hydrogens (tertiary/aromatic N) is 6. The number of amides is 1. The van der Waals surface area contributed by atoms with Crippen molar-refractivity contribution in [2.75, 3.05) is 0 Å². The van der Waals surface area contributed by atoms with Crippen molar-refractivity contribution in [1.29, 1.82) is 0 Å². The van der Waals surface area contributed by atoms with Crippen molar-refractivity contribution in [2.45, 2.75) is 20.0 Å². The van der Waals surface area contributed by atoms with Crippen LogP contribution in [0.4, 0.5) is 0 Å². The second-order valence-electron chi connectivity index (χ2n) is 10.3. The topological polar surface area (TPSA) is 90.5 Å². The summed E-state index contributed by atoms with van der Waals surface area (Å²) in [6.07, 6.45) is 3.56. The standard InChI is InChI=1S/C34H27N7O/c1-23-11-15-29(16-12-23)41-33-31(20-36-41)30(18-32(37-33)27-14-13-25-9-5-6-10-26(25)17-27)34(42)35-19-28-22-40(39-38-28)21-24-7-3-2-4-8-24/h2-18,20,22H,19,21H2,1H3,(H,35,42). The number of pyridine rings is 1. The Morgan fingerprint density at radius 1 is 0.857 bits per heavy atom. The van der Waals surface area contributed by atoms with Gasteiger partial charge in [-0.2, -0.15) is 5.10 Å². The van der Waals surface area contributed by atoms with Gasteiger partial charge in [-0.3, -0.25) is 4.79 Å². The van der Waals surface area contributed by atoms with Crippen molar-refractivity contribution in [3.63, 3.8) is 0 Å². The summed E-state index contributed by atoms with van der Waals surface area (Å²) in [5, 5.41) is 19.1. The molecular formula is C34H27N7O. The molecule has 0 saturated carbocycles. The summed E-state index contributed by atoms with van der Waals surface area (Å²) in [5.74, 6) is -0.231. The smallest absolute Gasteiger partial charge is 0.252 e. The number of carbonyl (C=O) groups is 1.